The minimum absolute atomic E-state index is 0.124. The number of rotatable bonds is 4. The number of allylic oxidation sites excluding steroid dienone is 1. The summed E-state index contributed by atoms with van der Waals surface area (Å²) in [4.78, 5) is 24.4. The highest BCUT2D eigenvalue weighted by molar-refractivity contribution is 5.99. The van der Waals surface area contributed by atoms with Gasteiger partial charge in [-0.2, -0.15) is 0 Å². The molecule has 1 heterocycles. The van der Waals surface area contributed by atoms with E-state index in [1.54, 1.807) is 24.3 Å². The summed E-state index contributed by atoms with van der Waals surface area (Å²) in [7, 11) is 1.21. The van der Waals surface area contributed by atoms with Crippen LogP contribution >= 0.6 is 0 Å². The third-order valence-corrected chi connectivity index (χ3v) is 3.87. The van der Waals surface area contributed by atoms with Gasteiger partial charge in [0.05, 0.1) is 12.6 Å². The molecule has 5 nitrogen and oxygen atoms in total. The molecule has 0 bridgehead atoms. The van der Waals surface area contributed by atoms with Gasteiger partial charge < -0.3 is 9.47 Å². The molecule has 1 aromatic heterocycles. The zero-order valence-corrected chi connectivity index (χ0v) is 14.6. The van der Waals surface area contributed by atoms with E-state index < -0.39 is 18.0 Å². The van der Waals surface area contributed by atoms with Crippen LogP contribution in [0.1, 0.15) is 10.4 Å². The molecule has 0 unspecified atom stereocenters. The molecule has 0 saturated carbocycles. The fourth-order valence-corrected chi connectivity index (χ4v) is 2.64. The number of ether oxygens (including phenoxy) is 2. The fraction of sp³-hybridized carbons (Fsp3) is 0.100. The number of aromatic nitrogens is 1. The van der Waals surface area contributed by atoms with E-state index in [1.165, 1.54) is 48.2 Å². The van der Waals surface area contributed by atoms with Crippen molar-refractivity contribution in [1.82, 2.24) is 4.57 Å². The number of carbonyl (C=O) groups excluding carboxylic acids is 1. The Morgan fingerprint density at radius 3 is 2.54 bits per heavy atom. The molecular formula is C20H14F3NO4. The van der Waals surface area contributed by atoms with Crippen molar-refractivity contribution in [2.75, 3.05) is 7.11 Å². The minimum atomic E-state index is -4.84. The maximum absolute atomic E-state index is 12.5. The van der Waals surface area contributed by atoms with Crippen LogP contribution in [-0.4, -0.2) is 23.9 Å². The van der Waals surface area contributed by atoms with E-state index in [2.05, 4.69) is 4.74 Å². The van der Waals surface area contributed by atoms with Crippen molar-refractivity contribution in [3.63, 3.8) is 0 Å². The standard InChI is InChI=1S/C20H14F3NO4/c1-27-18-12-13(6-8-17(18)28-20(21,22)23)7-9-19(26)24-11-10-16(25)14-4-2-3-5-15(14)24/h2-12H,1H3. The highest BCUT2D eigenvalue weighted by Gasteiger charge is 2.32. The maximum Gasteiger partial charge on any atom is 0.573 e. The Morgan fingerprint density at radius 1 is 1.07 bits per heavy atom. The maximum atomic E-state index is 12.5. The first-order valence-corrected chi connectivity index (χ1v) is 8.05. The number of para-hydroxylation sites is 1. The summed E-state index contributed by atoms with van der Waals surface area (Å²) in [5.74, 6) is -1.03. The van der Waals surface area contributed by atoms with E-state index in [1.807, 2.05) is 0 Å². The Kier molecular flexibility index (Phi) is 5.21. The van der Waals surface area contributed by atoms with Crippen molar-refractivity contribution < 1.29 is 27.4 Å². The first-order chi connectivity index (χ1) is 13.3. The summed E-state index contributed by atoms with van der Waals surface area (Å²) in [5.41, 5.74) is 0.690. The van der Waals surface area contributed by atoms with Gasteiger partial charge in [-0.3, -0.25) is 14.2 Å². The van der Waals surface area contributed by atoms with Crippen LogP contribution in [0.5, 0.6) is 11.5 Å². The highest BCUT2D eigenvalue weighted by Crippen LogP contribution is 2.33. The number of halogens is 3. The number of nitrogens with zero attached hydrogens (tertiary/aromatic N) is 1. The Hall–Kier alpha value is -3.55. The third-order valence-electron chi connectivity index (χ3n) is 3.87. The molecule has 0 spiro atoms. The molecule has 0 saturated heterocycles. The molecule has 28 heavy (non-hydrogen) atoms. The first-order valence-electron chi connectivity index (χ1n) is 8.05. The predicted molar refractivity (Wildman–Crippen MR) is 97.5 cm³/mol. The molecule has 8 heteroatoms. The van der Waals surface area contributed by atoms with Gasteiger partial charge in [-0.05, 0) is 35.9 Å². The van der Waals surface area contributed by atoms with Crippen molar-refractivity contribution >= 4 is 22.9 Å². The van der Waals surface area contributed by atoms with Crippen LogP contribution in [0.4, 0.5) is 13.2 Å². The second-order valence-electron chi connectivity index (χ2n) is 5.70. The lowest BCUT2D eigenvalue weighted by Gasteiger charge is -2.12. The molecule has 0 amide bonds. The summed E-state index contributed by atoms with van der Waals surface area (Å²) < 4.78 is 47.3. The van der Waals surface area contributed by atoms with E-state index in [0.717, 1.165) is 6.07 Å². The van der Waals surface area contributed by atoms with Gasteiger partial charge in [-0.1, -0.05) is 18.2 Å². The zero-order valence-electron chi connectivity index (χ0n) is 14.6. The molecule has 0 radical (unpaired) electrons. The van der Waals surface area contributed by atoms with Crippen LogP contribution in [0.15, 0.2) is 65.6 Å². The van der Waals surface area contributed by atoms with Gasteiger partial charge in [0, 0.05) is 23.7 Å². The topological polar surface area (TPSA) is 57.5 Å². The number of hydrogen-bond acceptors (Lipinski definition) is 4. The van der Waals surface area contributed by atoms with E-state index in [-0.39, 0.29) is 11.2 Å². The summed E-state index contributed by atoms with van der Waals surface area (Å²) in [6.45, 7) is 0. The van der Waals surface area contributed by atoms with Crippen molar-refractivity contribution in [3.05, 3.63) is 76.6 Å². The summed E-state index contributed by atoms with van der Waals surface area (Å²) >= 11 is 0. The predicted octanol–water partition coefficient (Wildman–Crippen LogP) is 4.26. The largest absolute Gasteiger partial charge is 0.573 e. The molecule has 3 aromatic rings. The van der Waals surface area contributed by atoms with Gasteiger partial charge in [-0.25, -0.2) is 0 Å². The average Bonchev–Trinajstić information content (AvgIpc) is 2.66. The molecular weight excluding hydrogens is 375 g/mol. The van der Waals surface area contributed by atoms with Crippen LogP contribution in [0.3, 0.4) is 0 Å². The number of alkyl halides is 3. The van der Waals surface area contributed by atoms with Crippen molar-refractivity contribution in [1.29, 1.82) is 0 Å². The van der Waals surface area contributed by atoms with Gasteiger partial charge in [-0.15, -0.1) is 13.2 Å². The molecule has 0 fully saturated rings. The van der Waals surface area contributed by atoms with Crippen molar-refractivity contribution in [3.8, 4) is 11.5 Å². The second-order valence-corrected chi connectivity index (χ2v) is 5.70. The monoisotopic (exact) mass is 389 g/mol. The van der Waals surface area contributed by atoms with Crippen molar-refractivity contribution in [2.45, 2.75) is 6.36 Å². The molecule has 0 aliphatic heterocycles. The molecule has 0 N–H and O–H groups in total. The molecule has 0 atom stereocenters. The number of benzene rings is 2. The molecule has 144 valence electrons. The quantitative estimate of drug-likeness (QED) is 0.626. The molecule has 2 aromatic carbocycles. The van der Waals surface area contributed by atoms with Crippen LogP contribution in [0.25, 0.3) is 17.0 Å². The first kappa shape index (κ1) is 19.2. The Labute approximate surface area is 157 Å². The Bertz CT molecular complexity index is 1120. The van der Waals surface area contributed by atoms with Crippen LogP contribution in [-0.2, 0) is 0 Å². The van der Waals surface area contributed by atoms with E-state index in [9.17, 15) is 22.8 Å². The van der Waals surface area contributed by atoms with Crippen LogP contribution in [0.2, 0.25) is 0 Å². The lowest BCUT2D eigenvalue weighted by Crippen LogP contribution is -2.17. The number of fused-ring (bicyclic) bond motifs is 1. The fourth-order valence-electron chi connectivity index (χ4n) is 2.64. The highest BCUT2D eigenvalue weighted by atomic mass is 19.4. The number of methoxy groups -OCH3 is 1. The molecule has 0 aliphatic rings. The van der Waals surface area contributed by atoms with E-state index in [0.29, 0.717) is 16.5 Å². The number of carbonyl (C=O) groups is 1. The third kappa shape index (κ3) is 4.22. The smallest absolute Gasteiger partial charge is 0.493 e. The van der Waals surface area contributed by atoms with Gasteiger partial charge in [0.15, 0.2) is 16.9 Å². The average molecular weight is 389 g/mol. The number of pyridine rings is 1. The van der Waals surface area contributed by atoms with Gasteiger partial charge in [0.1, 0.15) is 0 Å². The molecule has 0 aliphatic carbocycles. The zero-order chi connectivity index (χ0) is 20.3. The van der Waals surface area contributed by atoms with Gasteiger partial charge in [0.25, 0.3) is 5.91 Å². The van der Waals surface area contributed by atoms with E-state index >= 15 is 0 Å². The van der Waals surface area contributed by atoms with E-state index in [4.69, 9.17) is 4.74 Å². The number of hydrogen-bond donors (Lipinski definition) is 0. The second kappa shape index (κ2) is 7.59. The summed E-state index contributed by atoms with van der Waals surface area (Å²) in [5, 5.41) is 0.405. The normalized spacial score (nSPS) is 11.7. The Morgan fingerprint density at radius 2 is 1.82 bits per heavy atom. The van der Waals surface area contributed by atoms with Crippen LogP contribution in [0, 0.1) is 0 Å². The Balaban J connectivity index is 1.89. The SMILES string of the molecule is COc1cc(C=CC(=O)n2ccc(=O)c3ccccc32)ccc1OC(F)(F)F. The minimum Gasteiger partial charge on any atom is -0.493 e. The summed E-state index contributed by atoms with van der Waals surface area (Å²) in [6.07, 6.45) is -0.796. The van der Waals surface area contributed by atoms with Gasteiger partial charge in [0.2, 0.25) is 0 Å². The van der Waals surface area contributed by atoms with Crippen molar-refractivity contribution in [2.24, 2.45) is 0 Å². The lowest BCUT2D eigenvalue weighted by molar-refractivity contribution is -0.275. The lowest BCUT2D eigenvalue weighted by atomic mass is 10.1. The summed E-state index contributed by atoms with van der Waals surface area (Å²) in [6, 6.07) is 11.7. The van der Waals surface area contributed by atoms with Gasteiger partial charge >= 0.3 is 6.36 Å². The van der Waals surface area contributed by atoms with Crippen LogP contribution < -0.4 is 14.9 Å². The molecule has 3 rings (SSSR count).